The number of hydrogen-bond donors (Lipinski definition) is 1. The largest absolute Gasteiger partial charge is 0.377 e. The molecule has 0 atom stereocenters. The Balaban J connectivity index is 0.000000187. The van der Waals surface area contributed by atoms with Crippen molar-refractivity contribution in [1.29, 1.82) is 5.41 Å². The fourth-order valence-electron chi connectivity index (χ4n) is 0.440. The van der Waals surface area contributed by atoms with E-state index < -0.39 is 0 Å². The molecule has 0 aromatic rings. The summed E-state index contributed by atoms with van der Waals surface area (Å²) < 4.78 is 9.89. The van der Waals surface area contributed by atoms with Crippen LogP contribution in [0.1, 0.15) is 0 Å². The highest BCUT2D eigenvalue weighted by Gasteiger charge is 1.94. The van der Waals surface area contributed by atoms with Gasteiger partial charge in [-0.05, 0) is 0 Å². The second kappa shape index (κ2) is 7.30. The zero-order valence-corrected chi connectivity index (χ0v) is 5.05. The Labute approximate surface area is 53.3 Å². The first kappa shape index (κ1) is 8.30. The van der Waals surface area contributed by atoms with Crippen LogP contribution >= 0.6 is 0 Å². The van der Waals surface area contributed by atoms with Crippen molar-refractivity contribution in [3.05, 3.63) is 0 Å². The van der Waals surface area contributed by atoms with Crippen molar-refractivity contribution in [3.8, 4) is 0 Å². The number of rotatable bonds is 0. The van der Waals surface area contributed by atoms with Crippen LogP contribution in [0.3, 0.4) is 0 Å². The van der Waals surface area contributed by atoms with Gasteiger partial charge in [-0.2, -0.15) is 0 Å². The van der Waals surface area contributed by atoms with E-state index in [4.69, 9.17) is 19.7 Å². The third kappa shape index (κ3) is 7.30. The Kier molecular flexibility index (Phi) is 6.73. The van der Waals surface area contributed by atoms with Crippen LogP contribution in [0.25, 0.3) is 0 Å². The molecule has 1 N–H and O–H groups in total. The molecular formula is C5H9NO3. The molecule has 0 aromatic heterocycles. The van der Waals surface area contributed by atoms with E-state index in [1.807, 2.05) is 0 Å². The van der Waals surface area contributed by atoms with E-state index in [0.29, 0.717) is 0 Å². The summed E-state index contributed by atoms with van der Waals surface area (Å²) >= 11 is 0. The predicted octanol–water partition coefficient (Wildman–Crippen LogP) is -0.0658. The third-order valence-corrected chi connectivity index (χ3v) is 0.744. The SMILES string of the molecule is C1COCCO1.N=C=O. The van der Waals surface area contributed by atoms with Gasteiger partial charge in [-0.3, -0.25) is 0 Å². The van der Waals surface area contributed by atoms with Crippen LogP contribution in [0.2, 0.25) is 0 Å². The van der Waals surface area contributed by atoms with Crippen LogP contribution in [0.4, 0.5) is 0 Å². The summed E-state index contributed by atoms with van der Waals surface area (Å²) in [7, 11) is 0. The zero-order valence-electron chi connectivity index (χ0n) is 5.05. The lowest BCUT2D eigenvalue weighted by Gasteiger charge is -2.09. The predicted molar refractivity (Wildman–Crippen MR) is 30.1 cm³/mol. The van der Waals surface area contributed by atoms with Crippen molar-refractivity contribution in [1.82, 2.24) is 0 Å². The molecule has 0 unspecified atom stereocenters. The summed E-state index contributed by atoms with van der Waals surface area (Å²) in [4.78, 5) is 8.35. The van der Waals surface area contributed by atoms with E-state index in [9.17, 15) is 0 Å². The number of isocyanates is 1. The summed E-state index contributed by atoms with van der Waals surface area (Å²) in [5, 5.41) is 5.40. The molecule has 0 aliphatic carbocycles. The topological polar surface area (TPSA) is 59.4 Å². The zero-order chi connectivity index (χ0) is 6.95. The quantitative estimate of drug-likeness (QED) is 0.370. The fraction of sp³-hybridized carbons (Fsp3) is 0.800. The highest BCUT2D eigenvalue weighted by molar-refractivity contribution is 5.26. The van der Waals surface area contributed by atoms with Gasteiger partial charge in [-0.25, -0.2) is 10.2 Å². The van der Waals surface area contributed by atoms with Crippen molar-refractivity contribution in [3.63, 3.8) is 0 Å². The van der Waals surface area contributed by atoms with Gasteiger partial charge >= 0.3 is 0 Å². The molecule has 0 amide bonds. The lowest BCUT2D eigenvalue weighted by Crippen LogP contribution is -2.16. The first-order chi connectivity index (χ1) is 4.41. The summed E-state index contributed by atoms with van der Waals surface area (Å²) in [6.45, 7) is 3.11. The van der Waals surface area contributed by atoms with E-state index in [-0.39, 0.29) is 0 Å². The molecule has 9 heavy (non-hydrogen) atoms. The first-order valence-corrected chi connectivity index (χ1v) is 2.61. The maximum absolute atomic E-state index is 8.35. The molecule has 1 saturated heterocycles. The Morgan fingerprint density at radius 2 is 1.33 bits per heavy atom. The summed E-state index contributed by atoms with van der Waals surface area (Å²) in [6, 6.07) is 0. The molecule has 1 heterocycles. The molecule has 52 valence electrons. The van der Waals surface area contributed by atoms with Crippen molar-refractivity contribution < 1.29 is 14.3 Å². The lowest BCUT2D eigenvalue weighted by molar-refractivity contribution is -0.0334. The van der Waals surface area contributed by atoms with Crippen molar-refractivity contribution in [2.45, 2.75) is 0 Å². The molecule has 0 spiro atoms. The van der Waals surface area contributed by atoms with Crippen LogP contribution in [0.5, 0.6) is 0 Å². The Morgan fingerprint density at radius 1 is 1.11 bits per heavy atom. The van der Waals surface area contributed by atoms with Gasteiger partial charge < -0.3 is 9.47 Å². The van der Waals surface area contributed by atoms with Crippen molar-refractivity contribution >= 4 is 6.08 Å². The minimum atomic E-state index is 0.750. The van der Waals surface area contributed by atoms with Gasteiger partial charge in [-0.1, -0.05) is 0 Å². The minimum Gasteiger partial charge on any atom is -0.377 e. The van der Waals surface area contributed by atoms with Crippen LogP contribution in [0, 0.1) is 5.41 Å². The Hall–Kier alpha value is -0.700. The van der Waals surface area contributed by atoms with E-state index in [2.05, 4.69) is 0 Å². The molecule has 1 aliphatic rings. The van der Waals surface area contributed by atoms with Crippen LogP contribution in [-0.4, -0.2) is 32.5 Å². The minimum absolute atomic E-state index is 0.750. The Bertz CT molecular complexity index is 72.7. The fourth-order valence-corrected chi connectivity index (χ4v) is 0.440. The molecule has 1 rings (SSSR count). The van der Waals surface area contributed by atoms with Gasteiger partial charge in [-0.15, -0.1) is 0 Å². The standard InChI is InChI=1S/C4H8O2.CHNO/c1-2-6-4-3-5-1;2-1-3/h1-4H2;2H. The number of hydrogen-bond acceptors (Lipinski definition) is 4. The number of ether oxygens (including phenoxy) is 2. The highest BCUT2D eigenvalue weighted by Crippen LogP contribution is 1.85. The van der Waals surface area contributed by atoms with Gasteiger partial charge in [0.05, 0.1) is 26.4 Å². The van der Waals surface area contributed by atoms with Crippen LogP contribution in [0.15, 0.2) is 0 Å². The molecule has 0 radical (unpaired) electrons. The second-order valence-corrected chi connectivity index (χ2v) is 1.33. The molecule has 1 fully saturated rings. The van der Waals surface area contributed by atoms with Crippen LogP contribution < -0.4 is 0 Å². The van der Waals surface area contributed by atoms with Crippen molar-refractivity contribution in [2.75, 3.05) is 26.4 Å². The maximum Gasteiger partial charge on any atom is 0.231 e. The Morgan fingerprint density at radius 3 is 1.44 bits per heavy atom. The number of nitrogens with one attached hydrogen (secondary N) is 1. The smallest absolute Gasteiger partial charge is 0.231 e. The van der Waals surface area contributed by atoms with E-state index >= 15 is 0 Å². The van der Waals surface area contributed by atoms with Gasteiger partial charge in [0, 0.05) is 0 Å². The average Bonchev–Trinajstić information content (AvgIpc) is 1.93. The van der Waals surface area contributed by atoms with E-state index in [0.717, 1.165) is 32.5 Å². The summed E-state index contributed by atoms with van der Waals surface area (Å²) in [5.41, 5.74) is 0. The van der Waals surface area contributed by atoms with Gasteiger partial charge in [0.1, 0.15) is 0 Å². The number of carbonyl (C=O) groups excluding carboxylic acids is 1. The van der Waals surface area contributed by atoms with Gasteiger partial charge in [0.25, 0.3) is 0 Å². The lowest BCUT2D eigenvalue weighted by atomic mass is 10.6. The normalized spacial score (nSPS) is 16.9. The highest BCUT2D eigenvalue weighted by atomic mass is 16.6. The van der Waals surface area contributed by atoms with Crippen molar-refractivity contribution in [2.24, 2.45) is 0 Å². The summed E-state index contributed by atoms with van der Waals surface area (Å²) in [6.07, 6.45) is 0.750. The monoisotopic (exact) mass is 131 g/mol. The maximum atomic E-state index is 8.35. The molecule has 0 bridgehead atoms. The average molecular weight is 131 g/mol. The summed E-state index contributed by atoms with van der Waals surface area (Å²) in [5.74, 6) is 0. The molecule has 1 aliphatic heterocycles. The second-order valence-electron chi connectivity index (χ2n) is 1.33. The molecule has 4 nitrogen and oxygen atoms in total. The molecule has 4 heteroatoms. The van der Waals surface area contributed by atoms with E-state index in [1.54, 1.807) is 0 Å². The van der Waals surface area contributed by atoms with E-state index in [1.165, 1.54) is 0 Å². The molecule has 0 aromatic carbocycles. The van der Waals surface area contributed by atoms with Crippen LogP contribution in [-0.2, 0) is 14.3 Å². The van der Waals surface area contributed by atoms with Gasteiger partial charge in [0.15, 0.2) is 0 Å². The first-order valence-electron chi connectivity index (χ1n) is 2.61. The van der Waals surface area contributed by atoms with Gasteiger partial charge in [0.2, 0.25) is 6.08 Å². The molecule has 0 saturated carbocycles. The third-order valence-electron chi connectivity index (χ3n) is 0.744. The molecular weight excluding hydrogens is 122 g/mol.